The number of benzene rings is 1. The van der Waals surface area contributed by atoms with Crippen LogP contribution in [0, 0.1) is 11.6 Å². The zero-order chi connectivity index (χ0) is 13.3. The van der Waals surface area contributed by atoms with Crippen molar-refractivity contribution in [3.05, 3.63) is 58.0 Å². The van der Waals surface area contributed by atoms with Crippen molar-refractivity contribution >= 4 is 0 Å². The Bertz CT molecular complexity index is 620. The van der Waals surface area contributed by atoms with E-state index >= 15 is 0 Å². The SMILES string of the molecule is NC(O)c1ccnn(-c2c(F)cccc2F)c1=O. The first-order valence-electron chi connectivity index (χ1n) is 4.98. The van der Waals surface area contributed by atoms with Gasteiger partial charge in [0.1, 0.15) is 11.9 Å². The summed E-state index contributed by atoms with van der Waals surface area (Å²) in [6.07, 6.45) is -0.416. The van der Waals surface area contributed by atoms with Gasteiger partial charge in [0.15, 0.2) is 11.6 Å². The molecule has 0 saturated heterocycles. The number of hydrogen-bond donors (Lipinski definition) is 2. The lowest BCUT2D eigenvalue weighted by Crippen LogP contribution is -2.29. The number of aliphatic hydroxyl groups is 1. The van der Waals surface area contributed by atoms with Gasteiger partial charge in [-0.15, -0.1) is 0 Å². The van der Waals surface area contributed by atoms with Crippen molar-refractivity contribution in [3.8, 4) is 5.69 Å². The second-order valence-electron chi connectivity index (χ2n) is 3.52. The molecule has 18 heavy (non-hydrogen) atoms. The van der Waals surface area contributed by atoms with Crippen molar-refractivity contribution in [2.24, 2.45) is 5.73 Å². The van der Waals surface area contributed by atoms with Crippen molar-refractivity contribution in [2.75, 3.05) is 0 Å². The fraction of sp³-hybridized carbons (Fsp3) is 0.0909. The molecule has 94 valence electrons. The van der Waals surface area contributed by atoms with E-state index in [-0.39, 0.29) is 5.56 Å². The molecule has 0 aliphatic rings. The summed E-state index contributed by atoms with van der Waals surface area (Å²) in [5.74, 6) is -1.87. The number of halogens is 2. The number of nitrogens with zero attached hydrogens (tertiary/aromatic N) is 2. The van der Waals surface area contributed by atoms with Gasteiger partial charge in [0, 0.05) is 6.20 Å². The van der Waals surface area contributed by atoms with Gasteiger partial charge < -0.3 is 10.8 Å². The first-order chi connectivity index (χ1) is 8.52. The molecule has 1 atom stereocenters. The van der Waals surface area contributed by atoms with Crippen LogP contribution in [-0.2, 0) is 0 Å². The highest BCUT2D eigenvalue weighted by Gasteiger charge is 2.16. The molecule has 2 rings (SSSR count). The Morgan fingerprint density at radius 2 is 1.89 bits per heavy atom. The van der Waals surface area contributed by atoms with Gasteiger partial charge in [-0.3, -0.25) is 4.79 Å². The van der Waals surface area contributed by atoms with Crippen molar-refractivity contribution in [1.82, 2.24) is 9.78 Å². The van der Waals surface area contributed by atoms with Crippen LogP contribution in [0.2, 0.25) is 0 Å². The average Bonchev–Trinajstić information content (AvgIpc) is 2.30. The lowest BCUT2D eigenvalue weighted by Gasteiger charge is -2.09. The lowest BCUT2D eigenvalue weighted by atomic mass is 10.2. The zero-order valence-corrected chi connectivity index (χ0v) is 9.05. The molecule has 0 fully saturated rings. The lowest BCUT2D eigenvalue weighted by molar-refractivity contribution is 0.184. The van der Waals surface area contributed by atoms with Crippen LogP contribution in [0.5, 0.6) is 0 Å². The standard InChI is InChI=1S/C11H9F2N3O2/c12-7-2-1-3-8(13)9(7)16-11(18)6(10(14)17)4-5-15-16/h1-5,10,17H,14H2. The highest BCUT2D eigenvalue weighted by Crippen LogP contribution is 2.15. The number of aromatic nitrogens is 2. The van der Waals surface area contributed by atoms with Crippen molar-refractivity contribution in [1.29, 1.82) is 0 Å². The fourth-order valence-corrected chi connectivity index (χ4v) is 1.50. The topological polar surface area (TPSA) is 81.1 Å². The van der Waals surface area contributed by atoms with Gasteiger partial charge in [-0.05, 0) is 18.2 Å². The van der Waals surface area contributed by atoms with Gasteiger partial charge in [-0.2, -0.15) is 9.78 Å². The molecule has 0 aliphatic heterocycles. The highest BCUT2D eigenvalue weighted by atomic mass is 19.1. The number of aliphatic hydroxyl groups excluding tert-OH is 1. The maximum Gasteiger partial charge on any atom is 0.278 e. The van der Waals surface area contributed by atoms with Gasteiger partial charge in [0.05, 0.1) is 5.56 Å². The Morgan fingerprint density at radius 3 is 2.44 bits per heavy atom. The summed E-state index contributed by atoms with van der Waals surface area (Å²) < 4.78 is 27.6. The predicted molar refractivity (Wildman–Crippen MR) is 58.9 cm³/mol. The molecule has 0 spiro atoms. The van der Waals surface area contributed by atoms with Crippen LogP contribution in [0.4, 0.5) is 8.78 Å². The summed E-state index contributed by atoms with van der Waals surface area (Å²) in [4.78, 5) is 11.8. The van der Waals surface area contributed by atoms with E-state index in [1.165, 1.54) is 12.1 Å². The number of nitrogens with two attached hydrogens (primary N) is 1. The maximum absolute atomic E-state index is 13.5. The van der Waals surface area contributed by atoms with E-state index in [2.05, 4.69) is 5.10 Å². The van der Waals surface area contributed by atoms with Gasteiger partial charge in [-0.25, -0.2) is 8.78 Å². The van der Waals surface area contributed by atoms with E-state index in [0.717, 1.165) is 18.3 Å². The second kappa shape index (κ2) is 4.63. The molecule has 0 radical (unpaired) electrons. The molecule has 2 aromatic rings. The van der Waals surface area contributed by atoms with Gasteiger partial charge in [-0.1, -0.05) is 6.07 Å². The van der Waals surface area contributed by atoms with Crippen LogP contribution in [0.1, 0.15) is 11.8 Å². The molecule has 1 aromatic heterocycles. The van der Waals surface area contributed by atoms with Crippen molar-refractivity contribution in [3.63, 3.8) is 0 Å². The van der Waals surface area contributed by atoms with Crippen LogP contribution in [-0.4, -0.2) is 14.9 Å². The molecular weight excluding hydrogens is 244 g/mol. The van der Waals surface area contributed by atoms with E-state index in [1.54, 1.807) is 0 Å². The molecule has 1 heterocycles. The van der Waals surface area contributed by atoms with E-state index in [9.17, 15) is 13.6 Å². The summed E-state index contributed by atoms with van der Waals surface area (Å²) >= 11 is 0. The first-order valence-corrected chi connectivity index (χ1v) is 4.98. The number of hydrogen-bond acceptors (Lipinski definition) is 4. The molecular formula is C11H9F2N3O2. The fourth-order valence-electron chi connectivity index (χ4n) is 1.50. The van der Waals surface area contributed by atoms with Crippen molar-refractivity contribution in [2.45, 2.75) is 6.23 Å². The van der Waals surface area contributed by atoms with E-state index in [0.29, 0.717) is 4.68 Å². The van der Waals surface area contributed by atoms with Crippen LogP contribution < -0.4 is 11.3 Å². The average molecular weight is 253 g/mol. The smallest absolute Gasteiger partial charge is 0.278 e. The largest absolute Gasteiger partial charge is 0.374 e. The van der Waals surface area contributed by atoms with E-state index in [1.807, 2.05) is 0 Å². The Kier molecular flexibility index (Phi) is 3.17. The third-order valence-electron chi connectivity index (χ3n) is 2.34. The minimum atomic E-state index is -1.54. The maximum atomic E-state index is 13.5. The zero-order valence-electron chi connectivity index (χ0n) is 9.05. The molecule has 1 aromatic carbocycles. The Hall–Kier alpha value is -2.12. The van der Waals surface area contributed by atoms with Crippen molar-refractivity contribution < 1.29 is 13.9 Å². The Morgan fingerprint density at radius 1 is 1.28 bits per heavy atom. The summed E-state index contributed by atoms with van der Waals surface area (Å²) in [5, 5.41) is 12.7. The molecule has 0 amide bonds. The monoisotopic (exact) mass is 253 g/mol. The molecule has 0 bridgehead atoms. The molecule has 0 saturated carbocycles. The predicted octanol–water partition coefficient (Wildman–Crippen LogP) is 0.460. The molecule has 0 aliphatic carbocycles. The van der Waals surface area contributed by atoms with Crippen LogP contribution in [0.15, 0.2) is 35.3 Å². The summed E-state index contributed by atoms with van der Waals surface area (Å²) in [7, 11) is 0. The van der Waals surface area contributed by atoms with Crippen LogP contribution in [0.3, 0.4) is 0 Å². The van der Waals surface area contributed by atoms with E-state index in [4.69, 9.17) is 10.8 Å². The Labute approximate surface area is 100 Å². The van der Waals surface area contributed by atoms with Crippen LogP contribution >= 0.6 is 0 Å². The first kappa shape index (κ1) is 12.3. The quantitative estimate of drug-likeness (QED) is 0.762. The Balaban J connectivity index is 2.73. The third-order valence-corrected chi connectivity index (χ3v) is 2.34. The number of rotatable bonds is 2. The van der Waals surface area contributed by atoms with Gasteiger partial charge in [0.25, 0.3) is 5.56 Å². The molecule has 7 heteroatoms. The third kappa shape index (κ3) is 2.01. The minimum absolute atomic E-state index is 0.201. The second-order valence-corrected chi connectivity index (χ2v) is 3.52. The summed E-state index contributed by atoms with van der Waals surface area (Å²) in [6.45, 7) is 0. The molecule has 1 unspecified atom stereocenters. The molecule has 5 nitrogen and oxygen atoms in total. The van der Waals surface area contributed by atoms with E-state index < -0.39 is 29.1 Å². The summed E-state index contributed by atoms with van der Waals surface area (Å²) in [5.41, 5.74) is 3.48. The molecule has 3 N–H and O–H groups in total. The normalized spacial score (nSPS) is 12.4. The highest BCUT2D eigenvalue weighted by molar-refractivity contribution is 5.34. The minimum Gasteiger partial charge on any atom is -0.374 e. The summed E-state index contributed by atoms with van der Waals surface area (Å²) in [6, 6.07) is 4.35. The number of para-hydroxylation sites is 1. The van der Waals surface area contributed by atoms with Crippen LogP contribution in [0.25, 0.3) is 5.69 Å². The van der Waals surface area contributed by atoms with Gasteiger partial charge in [0.2, 0.25) is 0 Å². The van der Waals surface area contributed by atoms with Gasteiger partial charge >= 0.3 is 0 Å².